The molecule has 1 atom stereocenters. The predicted molar refractivity (Wildman–Crippen MR) is 35.8 cm³/mol. The molecule has 1 unspecified atom stereocenters. The molecule has 1 aliphatic heterocycles. The summed E-state index contributed by atoms with van der Waals surface area (Å²) >= 11 is 0. The van der Waals surface area contributed by atoms with E-state index in [0.29, 0.717) is 25.4 Å². The Bertz CT molecular complexity index is 226. The zero-order chi connectivity index (χ0) is 7.73. The predicted octanol–water partition coefficient (Wildman–Crippen LogP) is 0.282. The monoisotopic (exact) mass is 155 g/mol. The summed E-state index contributed by atoms with van der Waals surface area (Å²) in [6.45, 7) is 0.888. The molecule has 1 N–H and O–H groups in total. The van der Waals surface area contributed by atoms with Crippen molar-refractivity contribution in [1.82, 2.24) is 4.98 Å². The molecule has 0 amide bonds. The average Bonchev–Trinajstić information content (AvgIpc) is 2.55. The van der Waals surface area contributed by atoms with E-state index in [4.69, 9.17) is 9.15 Å². The fourth-order valence-corrected chi connectivity index (χ4v) is 1.19. The minimum absolute atomic E-state index is 0.308. The minimum Gasteiger partial charge on any atom is -0.445 e. The fourth-order valence-electron chi connectivity index (χ4n) is 1.19. The van der Waals surface area contributed by atoms with Crippen molar-refractivity contribution >= 4 is 0 Å². The molecule has 0 aromatic carbocycles. The molecule has 2 rings (SSSR count). The van der Waals surface area contributed by atoms with Gasteiger partial charge in [-0.1, -0.05) is 0 Å². The zero-order valence-electron chi connectivity index (χ0n) is 5.99. The lowest BCUT2D eigenvalue weighted by atomic mass is 10.0. The van der Waals surface area contributed by atoms with Crippen LogP contribution < -0.4 is 0 Å². The second kappa shape index (κ2) is 2.32. The molecule has 0 saturated carbocycles. The third kappa shape index (κ3) is 1.04. The first kappa shape index (κ1) is 6.82. The Balaban J connectivity index is 2.27. The molecular formula is C7H9NO3. The van der Waals surface area contributed by atoms with Crippen LogP contribution in [0.15, 0.2) is 17.0 Å². The molecule has 0 bridgehead atoms. The number of hydrogen-bond donors (Lipinski definition) is 1. The molecule has 0 radical (unpaired) electrons. The third-order valence-electron chi connectivity index (χ3n) is 1.89. The molecule has 11 heavy (non-hydrogen) atoms. The molecule has 1 aromatic heterocycles. The van der Waals surface area contributed by atoms with E-state index in [1.807, 2.05) is 0 Å². The summed E-state index contributed by atoms with van der Waals surface area (Å²) in [6, 6.07) is 0. The average molecular weight is 155 g/mol. The number of aliphatic hydroxyl groups is 1. The van der Waals surface area contributed by atoms with Crippen molar-refractivity contribution in [3.05, 3.63) is 18.4 Å². The largest absolute Gasteiger partial charge is 0.445 e. The molecule has 1 aliphatic rings. The SMILES string of the molecule is OC1(c2cnco2)CCOC1. The van der Waals surface area contributed by atoms with Gasteiger partial charge >= 0.3 is 0 Å². The van der Waals surface area contributed by atoms with Crippen molar-refractivity contribution in [1.29, 1.82) is 0 Å². The van der Waals surface area contributed by atoms with Gasteiger partial charge in [0.1, 0.15) is 5.60 Å². The summed E-state index contributed by atoms with van der Waals surface area (Å²) in [5.74, 6) is 0.495. The quantitative estimate of drug-likeness (QED) is 0.633. The molecule has 0 spiro atoms. The van der Waals surface area contributed by atoms with Gasteiger partial charge in [-0.25, -0.2) is 4.98 Å². The molecule has 1 aromatic rings. The highest BCUT2D eigenvalue weighted by molar-refractivity contribution is 5.05. The van der Waals surface area contributed by atoms with Gasteiger partial charge < -0.3 is 14.3 Å². The zero-order valence-corrected chi connectivity index (χ0v) is 5.99. The number of nitrogens with zero attached hydrogens (tertiary/aromatic N) is 1. The van der Waals surface area contributed by atoms with Gasteiger partial charge in [-0.2, -0.15) is 0 Å². The molecule has 4 heteroatoms. The van der Waals surface area contributed by atoms with Crippen molar-refractivity contribution in [3.63, 3.8) is 0 Å². The van der Waals surface area contributed by atoms with Crippen LogP contribution in [0.1, 0.15) is 12.2 Å². The summed E-state index contributed by atoms with van der Waals surface area (Å²) in [5.41, 5.74) is -0.934. The maximum atomic E-state index is 9.79. The second-order valence-electron chi connectivity index (χ2n) is 2.70. The van der Waals surface area contributed by atoms with E-state index < -0.39 is 5.60 Å². The Morgan fingerprint density at radius 2 is 2.55 bits per heavy atom. The van der Waals surface area contributed by atoms with Crippen LogP contribution in [0.3, 0.4) is 0 Å². The first-order valence-electron chi connectivity index (χ1n) is 3.50. The first-order chi connectivity index (χ1) is 5.31. The number of aromatic nitrogens is 1. The summed E-state index contributed by atoms with van der Waals surface area (Å²) in [5, 5.41) is 9.79. The lowest BCUT2D eigenvalue weighted by Crippen LogP contribution is -2.24. The summed E-state index contributed by atoms with van der Waals surface area (Å²) in [6.07, 6.45) is 3.42. The number of oxazole rings is 1. The summed E-state index contributed by atoms with van der Waals surface area (Å²) in [7, 11) is 0. The standard InChI is InChI=1S/C7H9NO3/c9-7(1-2-10-4-7)6-3-8-5-11-6/h3,5,9H,1-2,4H2. The van der Waals surface area contributed by atoms with Crippen LogP contribution in [0.2, 0.25) is 0 Å². The van der Waals surface area contributed by atoms with Crippen molar-refractivity contribution in [2.45, 2.75) is 12.0 Å². The molecule has 2 heterocycles. The molecule has 0 aliphatic carbocycles. The van der Waals surface area contributed by atoms with Gasteiger partial charge in [0.05, 0.1) is 19.4 Å². The maximum absolute atomic E-state index is 9.79. The van der Waals surface area contributed by atoms with Crippen LogP contribution in [-0.4, -0.2) is 23.3 Å². The van der Waals surface area contributed by atoms with E-state index in [1.165, 1.54) is 12.6 Å². The van der Waals surface area contributed by atoms with Crippen LogP contribution in [0.25, 0.3) is 0 Å². The Kier molecular flexibility index (Phi) is 1.44. The Morgan fingerprint density at radius 1 is 1.64 bits per heavy atom. The smallest absolute Gasteiger partial charge is 0.181 e. The van der Waals surface area contributed by atoms with E-state index in [9.17, 15) is 5.11 Å². The minimum atomic E-state index is -0.934. The van der Waals surface area contributed by atoms with Crippen molar-refractivity contribution < 1.29 is 14.3 Å². The van der Waals surface area contributed by atoms with Crippen LogP contribution in [0, 0.1) is 0 Å². The van der Waals surface area contributed by atoms with Crippen molar-refractivity contribution in [2.75, 3.05) is 13.2 Å². The van der Waals surface area contributed by atoms with E-state index in [1.54, 1.807) is 0 Å². The van der Waals surface area contributed by atoms with Crippen LogP contribution >= 0.6 is 0 Å². The third-order valence-corrected chi connectivity index (χ3v) is 1.89. The lowest BCUT2D eigenvalue weighted by Gasteiger charge is -2.15. The second-order valence-corrected chi connectivity index (χ2v) is 2.70. The molecular weight excluding hydrogens is 146 g/mol. The normalized spacial score (nSPS) is 31.0. The number of rotatable bonds is 1. The van der Waals surface area contributed by atoms with Gasteiger partial charge in [0.2, 0.25) is 0 Å². The Morgan fingerprint density at radius 3 is 3.09 bits per heavy atom. The molecule has 1 fully saturated rings. The topological polar surface area (TPSA) is 55.5 Å². The lowest BCUT2D eigenvalue weighted by molar-refractivity contribution is 0.00454. The van der Waals surface area contributed by atoms with E-state index >= 15 is 0 Å². The highest BCUT2D eigenvalue weighted by Gasteiger charge is 2.37. The maximum Gasteiger partial charge on any atom is 0.181 e. The van der Waals surface area contributed by atoms with Crippen LogP contribution in [-0.2, 0) is 10.3 Å². The van der Waals surface area contributed by atoms with E-state index in [-0.39, 0.29) is 0 Å². The highest BCUT2D eigenvalue weighted by Crippen LogP contribution is 2.29. The Hall–Kier alpha value is -0.870. The van der Waals surface area contributed by atoms with Gasteiger partial charge in [-0.3, -0.25) is 0 Å². The number of hydrogen-bond acceptors (Lipinski definition) is 4. The van der Waals surface area contributed by atoms with Gasteiger partial charge in [-0.15, -0.1) is 0 Å². The van der Waals surface area contributed by atoms with E-state index in [2.05, 4.69) is 4.98 Å². The van der Waals surface area contributed by atoms with Crippen molar-refractivity contribution in [2.24, 2.45) is 0 Å². The first-order valence-corrected chi connectivity index (χ1v) is 3.50. The van der Waals surface area contributed by atoms with Crippen molar-refractivity contribution in [3.8, 4) is 0 Å². The van der Waals surface area contributed by atoms with Crippen LogP contribution in [0.5, 0.6) is 0 Å². The van der Waals surface area contributed by atoms with E-state index in [0.717, 1.165) is 0 Å². The van der Waals surface area contributed by atoms with Gasteiger partial charge in [-0.05, 0) is 0 Å². The molecule has 1 saturated heterocycles. The Labute approximate surface area is 63.8 Å². The summed E-state index contributed by atoms with van der Waals surface area (Å²) in [4.78, 5) is 3.73. The molecule has 4 nitrogen and oxygen atoms in total. The van der Waals surface area contributed by atoms with Gasteiger partial charge in [0.25, 0.3) is 0 Å². The van der Waals surface area contributed by atoms with Gasteiger partial charge in [0, 0.05) is 6.42 Å². The van der Waals surface area contributed by atoms with Crippen LogP contribution in [0.4, 0.5) is 0 Å². The number of ether oxygens (including phenoxy) is 1. The molecule has 60 valence electrons. The fraction of sp³-hybridized carbons (Fsp3) is 0.571. The highest BCUT2D eigenvalue weighted by atomic mass is 16.5. The summed E-state index contributed by atoms with van der Waals surface area (Å²) < 4.78 is 10.0. The van der Waals surface area contributed by atoms with Gasteiger partial charge in [0.15, 0.2) is 12.2 Å².